The maximum Gasteiger partial charge on any atom is 0.338 e. The van der Waals surface area contributed by atoms with Crippen LogP contribution in [0.1, 0.15) is 72.4 Å². The summed E-state index contributed by atoms with van der Waals surface area (Å²) in [7, 11) is 0. The molecular formula is C27H33N3O3. The van der Waals surface area contributed by atoms with E-state index in [4.69, 9.17) is 4.74 Å². The molecule has 0 saturated heterocycles. The number of rotatable bonds is 7. The van der Waals surface area contributed by atoms with E-state index in [0.717, 1.165) is 35.9 Å². The summed E-state index contributed by atoms with van der Waals surface area (Å²) in [6.07, 6.45) is 5.01. The van der Waals surface area contributed by atoms with Crippen LogP contribution in [0.2, 0.25) is 0 Å². The summed E-state index contributed by atoms with van der Waals surface area (Å²) in [6.45, 7) is 9.42. The van der Waals surface area contributed by atoms with Crippen molar-refractivity contribution in [2.24, 2.45) is 5.41 Å². The molecule has 1 aromatic heterocycles. The molecule has 33 heavy (non-hydrogen) atoms. The number of imidazole rings is 1. The average Bonchev–Trinajstić information content (AvgIpc) is 3.26. The summed E-state index contributed by atoms with van der Waals surface area (Å²) in [6, 6.07) is 11.5. The zero-order chi connectivity index (χ0) is 23.6. The number of amides is 1. The van der Waals surface area contributed by atoms with Gasteiger partial charge in [-0.2, -0.15) is 0 Å². The SMILES string of the molecule is CCCCN(C(=O)c1ccc2[nH]cnc2c1)[C@@H]1Cc2c(cccc2C(=O)OCC)CC1(C)C. The molecular weight excluding hydrogens is 414 g/mol. The third-order valence-corrected chi connectivity index (χ3v) is 6.77. The van der Waals surface area contributed by atoms with Gasteiger partial charge in [0.2, 0.25) is 0 Å². The monoisotopic (exact) mass is 447 g/mol. The first kappa shape index (κ1) is 23.0. The Kier molecular flexibility index (Phi) is 6.54. The first-order chi connectivity index (χ1) is 15.9. The van der Waals surface area contributed by atoms with Crippen LogP contribution < -0.4 is 0 Å². The Hall–Kier alpha value is -3.15. The lowest BCUT2D eigenvalue weighted by molar-refractivity contribution is 0.0445. The summed E-state index contributed by atoms with van der Waals surface area (Å²) >= 11 is 0. The van der Waals surface area contributed by atoms with Crippen LogP contribution in [0.15, 0.2) is 42.7 Å². The van der Waals surface area contributed by atoms with E-state index < -0.39 is 0 Å². The van der Waals surface area contributed by atoms with Crippen molar-refractivity contribution in [1.82, 2.24) is 14.9 Å². The van der Waals surface area contributed by atoms with Crippen LogP contribution in [0.5, 0.6) is 0 Å². The van der Waals surface area contributed by atoms with Crippen molar-refractivity contribution in [3.63, 3.8) is 0 Å². The van der Waals surface area contributed by atoms with Gasteiger partial charge in [0.1, 0.15) is 0 Å². The second kappa shape index (κ2) is 9.38. The van der Waals surface area contributed by atoms with Crippen molar-refractivity contribution in [2.75, 3.05) is 13.2 Å². The van der Waals surface area contributed by atoms with Gasteiger partial charge in [-0.15, -0.1) is 0 Å². The zero-order valence-corrected chi connectivity index (χ0v) is 20.0. The van der Waals surface area contributed by atoms with Gasteiger partial charge in [0.15, 0.2) is 0 Å². The maximum atomic E-state index is 13.8. The van der Waals surface area contributed by atoms with E-state index in [1.54, 1.807) is 6.33 Å². The third kappa shape index (κ3) is 4.52. The molecule has 0 aliphatic heterocycles. The van der Waals surface area contributed by atoms with Gasteiger partial charge < -0.3 is 14.6 Å². The largest absolute Gasteiger partial charge is 0.462 e. The quantitative estimate of drug-likeness (QED) is 0.507. The van der Waals surface area contributed by atoms with Gasteiger partial charge in [-0.05, 0) is 67.0 Å². The van der Waals surface area contributed by atoms with Crippen LogP contribution in [-0.4, -0.2) is 45.9 Å². The van der Waals surface area contributed by atoms with Crippen molar-refractivity contribution in [2.45, 2.75) is 59.4 Å². The smallest absolute Gasteiger partial charge is 0.338 e. The molecule has 1 atom stereocenters. The van der Waals surface area contributed by atoms with Crippen molar-refractivity contribution in [3.8, 4) is 0 Å². The van der Waals surface area contributed by atoms with Gasteiger partial charge in [0, 0.05) is 18.2 Å². The van der Waals surface area contributed by atoms with Crippen LogP contribution in [-0.2, 0) is 17.6 Å². The molecule has 1 aliphatic carbocycles. The van der Waals surface area contributed by atoms with E-state index in [9.17, 15) is 9.59 Å². The second-order valence-electron chi connectivity index (χ2n) is 9.54. The number of nitrogens with one attached hydrogen (secondary N) is 1. The first-order valence-electron chi connectivity index (χ1n) is 11.9. The highest BCUT2D eigenvalue weighted by Crippen LogP contribution is 2.40. The number of aromatic amines is 1. The van der Waals surface area contributed by atoms with Crippen LogP contribution in [0, 0.1) is 5.41 Å². The average molecular weight is 448 g/mol. The number of fused-ring (bicyclic) bond motifs is 2. The van der Waals surface area contributed by atoms with E-state index >= 15 is 0 Å². The van der Waals surface area contributed by atoms with Crippen molar-refractivity contribution in [1.29, 1.82) is 0 Å². The summed E-state index contributed by atoms with van der Waals surface area (Å²) in [5.74, 6) is -0.272. The summed E-state index contributed by atoms with van der Waals surface area (Å²) in [5, 5.41) is 0. The van der Waals surface area contributed by atoms with Gasteiger partial charge >= 0.3 is 5.97 Å². The first-order valence-corrected chi connectivity index (χ1v) is 11.9. The van der Waals surface area contributed by atoms with Gasteiger partial charge in [0.25, 0.3) is 5.91 Å². The Morgan fingerprint density at radius 1 is 1.21 bits per heavy atom. The summed E-state index contributed by atoms with van der Waals surface area (Å²) < 4.78 is 5.33. The van der Waals surface area contributed by atoms with Crippen molar-refractivity contribution < 1.29 is 14.3 Å². The molecule has 0 radical (unpaired) electrons. The van der Waals surface area contributed by atoms with E-state index in [2.05, 4.69) is 36.8 Å². The number of hydrogen-bond acceptors (Lipinski definition) is 4. The molecule has 0 bridgehead atoms. The minimum Gasteiger partial charge on any atom is -0.462 e. The Balaban J connectivity index is 1.72. The zero-order valence-electron chi connectivity index (χ0n) is 20.0. The molecule has 6 heteroatoms. The predicted octanol–water partition coefficient (Wildman–Crippen LogP) is 5.18. The lowest BCUT2D eigenvalue weighted by Crippen LogP contribution is -2.53. The summed E-state index contributed by atoms with van der Waals surface area (Å²) in [4.78, 5) is 35.9. The molecule has 1 amide bonds. The van der Waals surface area contributed by atoms with Gasteiger partial charge in [-0.1, -0.05) is 39.3 Å². The van der Waals surface area contributed by atoms with E-state index in [-0.39, 0.29) is 23.3 Å². The van der Waals surface area contributed by atoms with Gasteiger partial charge in [-0.25, -0.2) is 9.78 Å². The normalized spacial score (nSPS) is 16.9. The molecule has 174 valence electrons. The molecule has 2 aromatic carbocycles. The number of esters is 1. The van der Waals surface area contributed by atoms with Gasteiger partial charge in [-0.3, -0.25) is 4.79 Å². The molecule has 1 heterocycles. The fourth-order valence-electron chi connectivity index (χ4n) is 5.01. The number of ether oxygens (including phenoxy) is 1. The molecule has 4 rings (SSSR count). The van der Waals surface area contributed by atoms with E-state index in [1.807, 2.05) is 42.2 Å². The minimum atomic E-state index is -0.289. The molecule has 3 aromatic rings. The molecule has 0 unspecified atom stereocenters. The highest BCUT2D eigenvalue weighted by molar-refractivity contribution is 5.97. The van der Waals surface area contributed by atoms with Crippen LogP contribution in [0.4, 0.5) is 0 Å². The molecule has 0 fully saturated rings. The molecule has 6 nitrogen and oxygen atoms in total. The number of carbonyl (C=O) groups is 2. The second-order valence-corrected chi connectivity index (χ2v) is 9.54. The lowest BCUT2D eigenvalue weighted by Gasteiger charge is -2.46. The van der Waals surface area contributed by atoms with Crippen molar-refractivity contribution in [3.05, 3.63) is 65.0 Å². The number of hydrogen-bond donors (Lipinski definition) is 1. The van der Waals surface area contributed by atoms with Crippen LogP contribution >= 0.6 is 0 Å². The topological polar surface area (TPSA) is 75.3 Å². The Bertz CT molecular complexity index is 1160. The lowest BCUT2D eigenvalue weighted by atomic mass is 9.69. The third-order valence-electron chi connectivity index (χ3n) is 6.77. The van der Waals surface area contributed by atoms with Crippen molar-refractivity contribution >= 4 is 22.9 Å². The minimum absolute atomic E-state index is 0.0171. The highest BCUT2D eigenvalue weighted by Gasteiger charge is 2.41. The van der Waals surface area contributed by atoms with Crippen LogP contribution in [0.25, 0.3) is 11.0 Å². The molecule has 1 N–H and O–H groups in total. The number of benzene rings is 2. The van der Waals surface area contributed by atoms with E-state index in [1.165, 1.54) is 5.56 Å². The Labute approximate surface area is 195 Å². The van der Waals surface area contributed by atoms with Gasteiger partial charge in [0.05, 0.1) is 29.5 Å². The number of aromatic nitrogens is 2. The van der Waals surface area contributed by atoms with Crippen LogP contribution in [0.3, 0.4) is 0 Å². The summed E-state index contributed by atoms with van der Waals surface area (Å²) in [5.41, 5.74) is 5.01. The fourth-order valence-corrected chi connectivity index (χ4v) is 5.01. The number of nitrogens with zero attached hydrogens (tertiary/aromatic N) is 2. The number of carbonyl (C=O) groups excluding carboxylic acids is 2. The number of H-pyrrole nitrogens is 1. The Morgan fingerprint density at radius 2 is 2.03 bits per heavy atom. The predicted molar refractivity (Wildman–Crippen MR) is 129 cm³/mol. The standard InChI is InChI=1S/C27H33N3O3/c1-5-7-13-30(25(31)18-11-12-22-23(14-18)29-17-28-22)24-15-21-19(16-27(24,3)4)9-8-10-20(21)26(32)33-6-2/h8-12,14,17,24H,5-7,13,15-16H2,1-4H3,(H,28,29)/t24-/m1/s1. The highest BCUT2D eigenvalue weighted by atomic mass is 16.5. The fraction of sp³-hybridized carbons (Fsp3) is 0.444. The van der Waals surface area contributed by atoms with E-state index in [0.29, 0.717) is 30.7 Å². The number of unbranched alkanes of at least 4 members (excludes halogenated alkanes) is 1. The molecule has 1 aliphatic rings. The molecule has 0 spiro atoms. The maximum absolute atomic E-state index is 13.8. The molecule has 0 saturated carbocycles. The Morgan fingerprint density at radius 3 is 2.79 bits per heavy atom.